The highest BCUT2D eigenvalue weighted by molar-refractivity contribution is 6.23. The summed E-state index contributed by atoms with van der Waals surface area (Å²) in [5.41, 5.74) is 1.51. The van der Waals surface area contributed by atoms with Crippen LogP contribution in [0.1, 0.15) is 23.0 Å². The summed E-state index contributed by atoms with van der Waals surface area (Å²) in [6, 6.07) is 15.3. The van der Waals surface area contributed by atoms with Crippen LogP contribution in [0.2, 0.25) is 0 Å². The lowest BCUT2D eigenvalue weighted by molar-refractivity contribution is -0.122. The molecule has 0 saturated carbocycles. The Kier molecular flexibility index (Phi) is 3.20. The molecule has 1 saturated heterocycles. The van der Waals surface area contributed by atoms with Crippen molar-refractivity contribution < 1.29 is 18.4 Å². The van der Waals surface area contributed by atoms with Crippen molar-refractivity contribution in [3.05, 3.63) is 89.5 Å². The van der Waals surface area contributed by atoms with Gasteiger partial charge in [0.2, 0.25) is 11.8 Å². The van der Waals surface area contributed by atoms with E-state index >= 15 is 0 Å². The molecule has 3 aromatic rings. The fourth-order valence-electron chi connectivity index (χ4n) is 5.42. The highest BCUT2D eigenvalue weighted by Gasteiger charge is 2.59. The highest BCUT2D eigenvalue weighted by Crippen LogP contribution is 2.57. The fraction of sp³-hybridized carbons (Fsp3) is 0.167. The first-order chi connectivity index (χ1) is 14.1. The summed E-state index contributed by atoms with van der Waals surface area (Å²) in [4.78, 5) is 27.3. The van der Waals surface area contributed by atoms with E-state index < -0.39 is 41.0 Å². The standard InChI is InChI=1S/C24H15F2NO2/c25-17-6-3-7-18(26)22(17)27-23(28)20-15-10-11-16(21(20)24(27)29)19-13-5-2-1-4-12(13)8-9-14(15)19/h1-11,15-16,20-21H/t15-,16+,20-,21+/m1/s1. The molecule has 4 atom stereocenters. The number of amides is 2. The van der Waals surface area contributed by atoms with Crippen LogP contribution in [0.25, 0.3) is 10.8 Å². The van der Waals surface area contributed by atoms with Gasteiger partial charge in [0.15, 0.2) is 0 Å². The van der Waals surface area contributed by atoms with Crippen LogP contribution in [0.3, 0.4) is 0 Å². The predicted molar refractivity (Wildman–Crippen MR) is 104 cm³/mol. The van der Waals surface area contributed by atoms with Crippen LogP contribution < -0.4 is 4.90 Å². The maximum atomic E-state index is 14.4. The molecule has 2 bridgehead atoms. The van der Waals surface area contributed by atoms with Gasteiger partial charge in [0.05, 0.1) is 11.8 Å². The first-order valence-corrected chi connectivity index (χ1v) is 9.59. The Bertz CT molecular complexity index is 1240. The fourth-order valence-corrected chi connectivity index (χ4v) is 5.42. The van der Waals surface area contributed by atoms with Crippen LogP contribution in [-0.2, 0) is 9.59 Å². The Morgan fingerprint density at radius 1 is 0.724 bits per heavy atom. The van der Waals surface area contributed by atoms with Gasteiger partial charge in [-0.15, -0.1) is 0 Å². The third-order valence-electron chi connectivity index (χ3n) is 6.56. The molecule has 4 aliphatic rings. The number of fused-ring (bicyclic) bond motifs is 1. The summed E-state index contributed by atoms with van der Waals surface area (Å²) >= 11 is 0. The van der Waals surface area contributed by atoms with Gasteiger partial charge in [-0.25, -0.2) is 13.7 Å². The van der Waals surface area contributed by atoms with Gasteiger partial charge >= 0.3 is 0 Å². The van der Waals surface area contributed by atoms with Crippen molar-refractivity contribution in [1.82, 2.24) is 0 Å². The van der Waals surface area contributed by atoms with E-state index in [0.717, 1.165) is 38.9 Å². The van der Waals surface area contributed by atoms with Crippen LogP contribution in [-0.4, -0.2) is 11.8 Å². The molecule has 3 aromatic carbocycles. The molecule has 7 rings (SSSR count). The molecule has 142 valence electrons. The number of hydrogen-bond acceptors (Lipinski definition) is 2. The van der Waals surface area contributed by atoms with E-state index in [0.29, 0.717) is 0 Å². The second-order valence-electron chi connectivity index (χ2n) is 7.86. The SMILES string of the molecule is O=C1[C@@H]2[C@H](C(=O)N1c1c(F)cccc1F)[C@@H]1C=C[C@H]2c2c1ccc1ccccc21. The Morgan fingerprint density at radius 2 is 1.38 bits per heavy atom. The molecule has 5 heteroatoms. The molecule has 1 fully saturated rings. The van der Waals surface area contributed by atoms with Gasteiger partial charge in [0.1, 0.15) is 17.3 Å². The lowest BCUT2D eigenvalue weighted by atomic mass is 9.60. The summed E-state index contributed by atoms with van der Waals surface area (Å²) in [5.74, 6) is -4.71. The second kappa shape index (κ2) is 5.60. The average Bonchev–Trinajstić information content (AvgIpc) is 3.00. The Balaban J connectivity index is 1.55. The highest BCUT2D eigenvalue weighted by atomic mass is 19.1. The number of carbonyl (C=O) groups is 2. The monoisotopic (exact) mass is 387 g/mol. The minimum absolute atomic E-state index is 0.277. The summed E-state index contributed by atoms with van der Waals surface area (Å²) in [6.07, 6.45) is 3.95. The summed E-state index contributed by atoms with van der Waals surface area (Å²) in [5, 5.41) is 2.12. The molecule has 1 aliphatic heterocycles. The van der Waals surface area contributed by atoms with Crippen LogP contribution in [0, 0.1) is 23.5 Å². The van der Waals surface area contributed by atoms with Crippen molar-refractivity contribution in [2.24, 2.45) is 11.8 Å². The van der Waals surface area contributed by atoms with E-state index in [1.807, 2.05) is 48.6 Å². The Labute approximate surface area is 165 Å². The quantitative estimate of drug-likeness (QED) is 0.449. The number of benzene rings is 3. The van der Waals surface area contributed by atoms with Gasteiger partial charge in [0, 0.05) is 11.8 Å². The minimum Gasteiger partial charge on any atom is -0.274 e. The van der Waals surface area contributed by atoms with Crippen molar-refractivity contribution in [3.63, 3.8) is 0 Å². The van der Waals surface area contributed by atoms with E-state index in [-0.39, 0.29) is 11.8 Å². The zero-order chi connectivity index (χ0) is 19.9. The zero-order valence-electron chi connectivity index (χ0n) is 15.2. The lowest BCUT2D eigenvalue weighted by Gasteiger charge is -2.41. The molecule has 2 amide bonds. The number of halogens is 2. The van der Waals surface area contributed by atoms with Crippen LogP contribution >= 0.6 is 0 Å². The third-order valence-corrected chi connectivity index (χ3v) is 6.56. The molecule has 3 aliphatic carbocycles. The molecule has 29 heavy (non-hydrogen) atoms. The molecular formula is C24H15F2NO2. The van der Waals surface area contributed by atoms with Crippen molar-refractivity contribution in [2.75, 3.05) is 4.90 Å². The van der Waals surface area contributed by atoms with E-state index in [1.54, 1.807) is 0 Å². The van der Waals surface area contributed by atoms with Gasteiger partial charge in [-0.2, -0.15) is 0 Å². The van der Waals surface area contributed by atoms with Crippen LogP contribution in [0.15, 0.2) is 66.7 Å². The van der Waals surface area contributed by atoms with E-state index in [4.69, 9.17) is 0 Å². The van der Waals surface area contributed by atoms with E-state index in [2.05, 4.69) is 0 Å². The van der Waals surface area contributed by atoms with Gasteiger partial charge in [-0.1, -0.05) is 54.6 Å². The topological polar surface area (TPSA) is 37.4 Å². The summed E-state index contributed by atoms with van der Waals surface area (Å²) in [6.45, 7) is 0. The van der Waals surface area contributed by atoms with E-state index in [1.165, 1.54) is 6.07 Å². The van der Waals surface area contributed by atoms with Gasteiger partial charge < -0.3 is 0 Å². The molecule has 3 nitrogen and oxygen atoms in total. The lowest BCUT2D eigenvalue weighted by Crippen LogP contribution is -2.37. The number of para-hydroxylation sites is 1. The maximum Gasteiger partial charge on any atom is 0.238 e. The molecule has 0 aromatic heterocycles. The third kappa shape index (κ3) is 2.00. The Hall–Kier alpha value is -3.34. The maximum absolute atomic E-state index is 14.4. The average molecular weight is 387 g/mol. The van der Waals surface area contributed by atoms with Crippen molar-refractivity contribution >= 4 is 28.3 Å². The van der Waals surface area contributed by atoms with Crippen molar-refractivity contribution in [3.8, 4) is 0 Å². The minimum atomic E-state index is -0.909. The largest absolute Gasteiger partial charge is 0.274 e. The van der Waals surface area contributed by atoms with Gasteiger partial charge in [-0.3, -0.25) is 9.59 Å². The predicted octanol–water partition coefficient (Wildman–Crippen LogP) is 4.67. The number of carbonyl (C=O) groups excluding carboxylic acids is 2. The number of anilines is 1. The van der Waals surface area contributed by atoms with Crippen molar-refractivity contribution in [1.29, 1.82) is 0 Å². The number of allylic oxidation sites excluding steroid dienone is 2. The normalized spacial score (nSPS) is 26.9. The van der Waals surface area contributed by atoms with Gasteiger partial charge in [0.25, 0.3) is 0 Å². The molecule has 0 spiro atoms. The summed E-state index contributed by atoms with van der Waals surface area (Å²) in [7, 11) is 0. The van der Waals surface area contributed by atoms with Crippen molar-refractivity contribution in [2.45, 2.75) is 11.8 Å². The zero-order valence-corrected chi connectivity index (χ0v) is 15.2. The number of imide groups is 1. The Morgan fingerprint density at radius 3 is 2.14 bits per heavy atom. The number of rotatable bonds is 1. The summed E-state index contributed by atoms with van der Waals surface area (Å²) < 4.78 is 28.8. The molecule has 1 heterocycles. The van der Waals surface area contributed by atoms with E-state index in [9.17, 15) is 18.4 Å². The molecular weight excluding hydrogens is 372 g/mol. The second-order valence-corrected chi connectivity index (χ2v) is 7.86. The van der Waals surface area contributed by atoms with Gasteiger partial charge in [-0.05, 0) is 34.0 Å². The number of hydrogen-bond donors (Lipinski definition) is 0. The first-order valence-electron chi connectivity index (χ1n) is 9.59. The first kappa shape index (κ1) is 16.6. The smallest absolute Gasteiger partial charge is 0.238 e. The molecule has 0 radical (unpaired) electrons. The van der Waals surface area contributed by atoms with Crippen LogP contribution in [0.4, 0.5) is 14.5 Å². The molecule has 0 unspecified atom stereocenters. The number of nitrogens with zero attached hydrogens (tertiary/aromatic N) is 1. The van der Waals surface area contributed by atoms with Crippen LogP contribution in [0.5, 0.6) is 0 Å². The molecule has 0 N–H and O–H groups in total.